The molecule has 0 aromatic heterocycles. The molecule has 0 aliphatic heterocycles. The second-order valence-corrected chi connectivity index (χ2v) is 7.47. The Morgan fingerprint density at radius 1 is 1.29 bits per heavy atom. The van der Waals surface area contributed by atoms with Crippen LogP contribution in [0.1, 0.15) is 24.2 Å². The molecular formula is C11H14O4S2. The number of carbonyl (C=O) groups is 1. The maximum absolute atomic E-state index is 11.6. The van der Waals surface area contributed by atoms with Crippen LogP contribution in [0.15, 0.2) is 29.2 Å². The van der Waals surface area contributed by atoms with Gasteiger partial charge in [0.1, 0.15) is 0 Å². The molecule has 1 aromatic carbocycles. The molecule has 0 bridgehead atoms. The van der Waals surface area contributed by atoms with Gasteiger partial charge in [0, 0.05) is 15.7 Å². The molecule has 0 aliphatic carbocycles. The number of hydrogen-bond acceptors (Lipinski definition) is 5. The SMILES string of the molecule is CCOC(=O)c1ccccc1SS(=O)(=O)CC. The summed E-state index contributed by atoms with van der Waals surface area (Å²) in [6, 6.07) is 6.53. The zero-order valence-electron chi connectivity index (χ0n) is 9.67. The van der Waals surface area contributed by atoms with Crippen molar-refractivity contribution >= 4 is 25.6 Å². The van der Waals surface area contributed by atoms with E-state index in [1.54, 1.807) is 38.1 Å². The molecule has 0 radical (unpaired) electrons. The first-order chi connectivity index (χ1) is 8.00. The predicted molar refractivity (Wildman–Crippen MR) is 67.7 cm³/mol. The average Bonchev–Trinajstić information content (AvgIpc) is 2.29. The maximum atomic E-state index is 11.6. The van der Waals surface area contributed by atoms with Gasteiger partial charge in [0.2, 0.25) is 8.87 Å². The Kier molecular flexibility index (Phi) is 5.02. The number of esters is 1. The topological polar surface area (TPSA) is 60.4 Å². The molecule has 1 rings (SSSR count). The summed E-state index contributed by atoms with van der Waals surface area (Å²) in [5, 5.41) is 0. The Balaban J connectivity index is 3.04. The number of benzene rings is 1. The summed E-state index contributed by atoms with van der Waals surface area (Å²) in [6.45, 7) is 3.53. The number of rotatable bonds is 5. The van der Waals surface area contributed by atoms with Crippen molar-refractivity contribution in [1.29, 1.82) is 0 Å². The summed E-state index contributed by atoms with van der Waals surface area (Å²) in [4.78, 5) is 12.0. The van der Waals surface area contributed by atoms with E-state index in [1.165, 1.54) is 0 Å². The van der Waals surface area contributed by atoms with Gasteiger partial charge in [-0.15, -0.1) is 0 Å². The van der Waals surface area contributed by atoms with E-state index in [0.717, 1.165) is 0 Å². The quantitative estimate of drug-likeness (QED) is 0.609. The molecule has 4 nitrogen and oxygen atoms in total. The zero-order chi connectivity index (χ0) is 12.9. The van der Waals surface area contributed by atoms with Crippen molar-refractivity contribution in [3.05, 3.63) is 29.8 Å². The molecule has 94 valence electrons. The molecule has 0 N–H and O–H groups in total. The number of hydrogen-bond donors (Lipinski definition) is 0. The van der Waals surface area contributed by atoms with E-state index >= 15 is 0 Å². The van der Waals surface area contributed by atoms with Gasteiger partial charge in [-0.3, -0.25) is 0 Å². The fraction of sp³-hybridized carbons (Fsp3) is 0.364. The molecule has 17 heavy (non-hydrogen) atoms. The van der Waals surface area contributed by atoms with Crippen LogP contribution in [0.3, 0.4) is 0 Å². The maximum Gasteiger partial charge on any atom is 0.339 e. The first-order valence-electron chi connectivity index (χ1n) is 5.18. The van der Waals surface area contributed by atoms with E-state index in [2.05, 4.69) is 0 Å². The van der Waals surface area contributed by atoms with Crippen LogP contribution in [-0.4, -0.2) is 26.7 Å². The minimum Gasteiger partial charge on any atom is -0.462 e. The van der Waals surface area contributed by atoms with Crippen LogP contribution in [0.25, 0.3) is 0 Å². The molecule has 0 aliphatic rings. The van der Waals surface area contributed by atoms with Crippen molar-refractivity contribution < 1.29 is 17.9 Å². The summed E-state index contributed by atoms with van der Waals surface area (Å²) in [6.07, 6.45) is 0. The van der Waals surface area contributed by atoms with E-state index in [0.29, 0.717) is 15.7 Å². The van der Waals surface area contributed by atoms with Crippen LogP contribution >= 0.6 is 10.8 Å². The molecular weight excluding hydrogens is 260 g/mol. The highest BCUT2D eigenvalue weighted by atomic mass is 33.1. The van der Waals surface area contributed by atoms with Crippen LogP contribution in [0.2, 0.25) is 0 Å². The lowest BCUT2D eigenvalue weighted by molar-refractivity contribution is 0.0522. The van der Waals surface area contributed by atoms with Gasteiger partial charge in [0.15, 0.2) is 0 Å². The lowest BCUT2D eigenvalue weighted by Gasteiger charge is -2.07. The van der Waals surface area contributed by atoms with Crippen molar-refractivity contribution in [2.75, 3.05) is 12.4 Å². The summed E-state index contributed by atoms with van der Waals surface area (Å²) in [7, 11) is -2.54. The predicted octanol–water partition coefficient (Wildman–Crippen LogP) is 2.31. The highest BCUT2D eigenvalue weighted by molar-refractivity contribution is 8.72. The smallest absolute Gasteiger partial charge is 0.339 e. The van der Waals surface area contributed by atoms with Crippen LogP contribution < -0.4 is 0 Å². The highest BCUT2D eigenvalue weighted by Crippen LogP contribution is 2.28. The minimum absolute atomic E-state index is 0.0226. The van der Waals surface area contributed by atoms with Gasteiger partial charge in [-0.1, -0.05) is 19.1 Å². The van der Waals surface area contributed by atoms with Gasteiger partial charge in [-0.25, -0.2) is 13.2 Å². The van der Waals surface area contributed by atoms with E-state index < -0.39 is 14.8 Å². The molecule has 0 unspecified atom stereocenters. The lowest BCUT2D eigenvalue weighted by Crippen LogP contribution is -2.07. The van der Waals surface area contributed by atoms with Gasteiger partial charge < -0.3 is 4.74 Å². The third-order valence-electron chi connectivity index (χ3n) is 1.95. The largest absolute Gasteiger partial charge is 0.462 e. The third kappa shape index (κ3) is 4.05. The van der Waals surface area contributed by atoms with Crippen molar-refractivity contribution in [2.24, 2.45) is 0 Å². The Morgan fingerprint density at radius 3 is 2.53 bits per heavy atom. The first-order valence-corrected chi connectivity index (χ1v) is 8.17. The highest BCUT2D eigenvalue weighted by Gasteiger charge is 2.17. The fourth-order valence-electron chi connectivity index (χ4n) is 1.11. The monoisotopic (exact) mass is 274 g/mol. The molecule has 0 spiro atoms. The Bertz CT molecular complexity index is 494. The fourth-order valence-corrected chi connectivity index (χ4v) is 3.49. The van der Waals surface area contributed by atoms with Crippen molar-refractivity contribution in [2.45, 2.75) is 18.7 Å². The third-order valence-corrected chi connectivity index (χ3v) is 5.46. The second kappa shape index (κ2) is 6.07. The number of ether oxygens (including phenoxy) is 1. The number of carbonyl (C=O) groups excluding carboxylic acids is 1. The second-order valence-electron chi connectivity index (χ2n) is 3.15. The van der Waals surface area contributed by atoms with E-state index in [1.807, 2.05) is 0 Å². The van der Waals surface area contributed by atoms with Crippen molar-refractivity contribution in [1.82, 2.24) is 0 Å². The summed E-state index contributed by atoms with van der Waals surface area (Å²) in [5.41, 5.74) is 0.288. The summed E-state index contributed by atoms with van der Waals surface area (Å²) >= 11 is 0. The van der Waals surface area contributed by atoms with E-state index in [4.69, 9.17) is 4.74 Å². The van der Waals surface area contributed by atoms with E-state index in [-0.39, 0.29) is 17.9 Å². The molecule has 0 saturated carbocycles. The molecule has 6 heteroatoms. The van der Waals surface area contributed by atoms with Gasteiger partial charge >= 0.3 is 5.97 Å². The van der Waals surface area contributed by atoms with Crippen LogP contribution in [0.5, 0.6) is 0 Å². The van der Waals surface area contributed by atoms with Gasteiger partial charge in [0.25, 0.3) is 0 Å². The summed E-state index contributed by atoms with van der Waals surface area (Å²) < 4.78 is 27.9. The van der Waals surface area contributed by atoms with Gasteiger partial charge in [-0.2, -0.15) is 0 Å². The summed E-state index contributed by atoms with van der Waals surface area (Å²) in [5.74, 6) is -0.476. The zero-order valence-corrected chi connectivity index (χ0v) is 11.3. The van der Waals surface area contributed by atoms with Gasteiger partial charge in [0.05, 0.1) is 17.9 Å². The minimum atomic E-state index is -3.23. The normalized spacial score (nSPS) is 11.2. The molecule has 0 saturated heterocycles. The molecule has 0 fully saturated rings. The van der Waals surface area contributed by atoms with Crippen LogP contribution in [-0.2, 0) is 13.6 Å². The van der Waals surface area contributed by atoms with Crippen molar-refractivity contribution in [3.63, 3.8) is 0 Å². The van der Waals surface area contributed by atoms with E-state index in [9.17, 15) is 13.2 Å². The molecule has 0 heterocycles. The molecule has 1 aromatic rings. The van der Waals surface area contributed by atoms with Crippen LogP contribution in [0, 0.1) is 0 Å². The van der Waals surface area contributed by atoms with Gasteiger partial charge in [-0.05, 0) is 19.1 Å². The average molecular weight is 274 g/mol. The molecule has 0 amide bonds. The first kappa shape index (κ1) is 14.1. The van der Waals surface area contributed by atoms with Crippen LogP contribution in [0.4, 0.5) is 0 Å². The lowest BCUT2D eigenvalue weighted by atomic mass is 10.2. The van der Waals surface area contributed by atoms with Crippen molar-refractivity contribution in [3.8, 4) is 0 Å². The Morgan fingerprint density at radius 2 is 1.94 bits per heavy atom. The molecule has 0 atom stereocenters. The Labute approximate surface area is 105 Å². The standard InChI is InChI=1S/C11H14O4S2/c1-3-15-11(12)9-7-5-6-8-10(9)16-17(13,14)4-2/h5-8H,3-4H2,1-2H3. The Hall–Kier alpha value is -1.01.